The molecule has 0 aliphatic rings. The summed E-state index contributed by atoms with van der Waals surface area (Å²) in [5.41, 5.74) is 0. The molecular formula is C12H19BrN2O. The van der Waals surface area contributed by atoms with E-state index in [-0.39, 0.29) is 6.61 Å². The molecule has 0 amide bonds. The third-order valence-electron chi connectivity index (χ3n) is 2.57. The number of halogens is 1. The standard InChI is InChI=1S/C12H19BrN2O/c1-3-11(6-9(2)8-16)15-12-5-4-10(13)7-14-12/h4-5,7,9,11,16H,3,6,8H2,1-2H3,(H,14,15). The van der Waals surface area contributed by atoms with Crippen LogP contribution in [0.25, 0.3) is 0 Å². The van der Waals surface area contributed by atoms with Crippen LogP contribution in [-0.2, 0) is 0 Å². The highest BCUT2D eigenvalue weighted by atomic mass is 79.9. The fourth-order valence-electron chi connectivity index (χ4n) is 1.56. The van der Waals surface area contributed by atoms with Crippen LogP contribution in [-0.4, -0.2) is 22.7 Å². The lowest BCUT2D eigenvalue weighted by Crippen LogP contribution is -2.23. The van der Waals surface area contributed by atoms with Gasteiger partial charge in [-0.05, 0) is 46.8 Å². The second-order valence-corrected chi connectivity index (χ2v) is 5.05. The molecule has 0 aliphatic heterocycles. The number of hydrogen-bond acceptors (Lipinski definition) is 3. The van der Waals surface area contributed by atoms with Crippen LogP contribution in [0.4, 0.5) is 5.82 Å². The first-order chi connectivity index (χ1) is 7.65. The molecule has 0 bridgehead atoms. The monoisotopic (exact) mass is 286 g/mol. The molecule has 4 heteroatoms. The van der Waals surface area contributed by atoms with Crippen LogP contribution in [0.1, 0.15) is 26.7 Å². The highest BCUT2D eigenvalue weighted by Gasteiger charge is 2.11. The molecule has 2 unspecified atom stereocenters. The highest BCUT2D eigenvalue weighted by molar-refractivity contribution is 9.10. The van der Waals surface area contributed by atoms with Gasteiger partial charge in [0.05, 0.1) is 0 Å². The fraction of sp³-hybridized carbons (Fsp3) is 0.583. The summed E-state index contributed by atoms with van der Waals surface area (Å²) < 4.78 is 0.981. The normalized spacial score (nSPS) is 14.5. The molecule has 2 atom stereocenters. The number of aliphatic hydroxyl groups is 1. The molecule has 90 valence electrons. The fourth-order valence-corrected chi connectivity index (χ4v) is 1.79. The van der Waals surface area contributed by atoms with E-state index in [4.69, 9.17) is 5.11 Å². The number of hydrogen-bond donors (Lipinski definition) is 2. The van der Waals surface area contributed by atoms with Crippen molar-refractivity contribution in [1.82, 2.24) is 4.98 Å². The Morgan fingerprint density at radius 3 is 2.75 bits per heavy atom. The third kappa shape index (κ3) is 4.49. The maximum atomic E-state index is 9.03. The van der Waals surface area contributed by atoms with Crippen molar-refractivity contribution in [3.05, 3.63) is 22.8 Å². The Morgan fingerprint density at radius 2 is 2.25 bits per heavy atom. The van der Waals surface area contributed by atoms with Gasteiger partial charge in [0.2, 0.25) is 0 Å². The van der Waals surface area contributed by atoms with Gasteiger partial charge in [0, 0.05) is 23.3 Å². The Bertz CT molecular complexity index is 302. The van der Waals surface area contributed by atoms with Gasteiger partial charge in [0.15, 0.2) is 0 Å². The van der Waals surface area contributed by atoms with Gasteiger partial charge in [0.25, 0.3) is 0 Å². The molecule has 0 fully saturated rings. The van der Waals surface area contributed by atoms with Crippen LogP contribution >= 0.6 is 15.9 Å². The quantitative estimate of drug-likeness (QED) is 0.845. The van der Waals surface area contributed by atoms with E-state index in [1.807, 2.05) is 12.1 Å². The molecule has 16 heavy (non-hydrogen) atoms. The molecule has 1 aromatic heterocycles. The Balaban J connectivity index is 2.52. The molecule has 1 heterocycles. The lowest BCUT2D eigenvalue weighted by molar-refractivity contribution is 0.224. The first-order valence-electron chi connectivity index (χ1n) is 5.64. The van der Waals surface area contributed by atoms with Gasteiger partial charge in [-0.25, -0.2) is 4.98 Å². The number of rotatable bonds is 6. The van der Waals surface area contributed by atoms with Crippen LogP contribution in [0.15, 0.2) is 22.8 Å². The van der Waals surface area contributed by atoms with Crippen molar-refractivity contribution >= 4 is 21.7 Å². The van der Waals surface area contributed by atoms with Gasteiger partial charge in [-0.1, -0.05) is 13.8 Å². The summed E-state index contributed by atoms with van der Waals surface area (Å²) in [5, 5.41) is 12.4. The van der Waals surface area contributed by atoms with Gasteiger partial charge in [-0.3, -0.25) is 0 Å². The van der Waals surface area contributed by atoms with Crippen LogP contribution in [0.3, 0.4) is 0 Å². The summed E-state index contributed by atoms with van der Waals surface area (Å²) in [5.74, 6) is 1.22. The van der Waals surface area contributed by atoms with Gasteiger partial charge in [0.1, 0.15) is 5.82 Å². The van der Waals surface area contributed by atoms with E-state index in [9.17, 15) is 0 Å². The number of aromatic nitrogens is 1. The molecule has 0 radical (unpaired) electrons. The van der Waals surface area contributed by atoms with Crippen LogP contribution in [0.2, 0.25) is 0 Å². The van der Waals surface area contributed by atoms with Gasteiger partial charge >= 0.3 is 0 Å². The SMILES string of the molecule is CCC(CC(C)CO)Nc1ccc(Br)cn1. The number of nitrogens with one attached hydrogen (secondary N) is 1. The predicted molar refractivity (Wildman–Crippen MR) is 70.5 cm³/mol. The van der Waals surface area contributed by atoms with E-state index in [0.717, 1.165) is 23.1 Å². The van der Waals surface area contributed by atoms with Gasteiger partial charge in [-0.15, -0.1) is 0 Å². The zero-order chi connectivity index (χ0) is 12.0. The second-order valence-electron chi connectivity index (χ2n) is 4.13. The molecule has 0 saturated heterocycles. The van der Waals surface area contributed by atoms with Crippen molar-refractivity contribution < 1.29 is 5.11 Å². The number of pyridine rings is 1. The zero-order valence-electron chi connectivity index (χ0n) is 9.78. The second kappa shape index (κ2) is 6.86. The number of anilines is 1. The molecule has 1 aromatic rings. The lowest BCUT2D eigenvalue weighted by Gasteiger charge is -2.20. The van der Waals surface area contributed by atoms with Crippen LogP contribution < -0.4 is 5.32 Å². The third-order valence-corrected chi connectivity index (χ3v) is 3.04. The topological polar surface area (TPSA) is 45.1 Å². The average Bonchev–Trinajstić information content (AvgIpc) is 2.30. The van der Waals surface area contributed by atoms with Crippen molar-refractivity contribution in [3.8, 4) is 0 Å². The van der Waals surface area contributed by atoms with E-state index >= 15 is 0 Å². The van der Waals surface area contributed by atoms with E-state index in [1.165, 1.54) is 0 Å². The minimum atomic E-state index is 0.242. The smallest absolute Gasteiger partial charge is 0.126 e. The van der Waals surface area contributed by atoms with E-state index in [0.29, 0.717) is 12.0 Å². The first kappa shape index (κ1) is 13.5. The van der Waals surface area contributed by atoms with Gasteiger partial charge in [-0.2, -0.15) is 0 Å². The molecule has 1 rings (SSSR count). The highest BCUT2D eigenvalue weighted by Crippen LogP contribution is 2.15. The Hall–Kier alpha value is -0.610. The molecule has 2 N–H and O–H groups in total. The van der Waals surface area contributed by atoms with Crippen LogP contribution in [0, 0.1) is 5.92 Å². The maximum absolute atomic E-state index is 9.03. The number of aliphatic hydroxyl groups excluding tert-OH is 1. The van der Waals surface area contributed by atoms with Crippen molar-refractivity contribution in [3.63, 3.8) is 0 Å². The summed E-state index contributed by atoms with van der Waals surface area (Å²) in [4.78, 5) is 4.28. The van der Waals surface area contributed by atoms with Gasteiger partial charge < -0.3 is 10.4 Å². The summed E-state index contributed by atoms with van der Waals surface area (Å²) in [6.07, 6.45) is 3.78. The lowest BCUT2D eigenvalue weighted by atomic mass is 10.0. The minimum absolute atomic E-state index is 0.242. The van der Waals surface area contributed by atoms with E-state index < -0.39 is 0 Å². The summed E-state index contributed by atoms with van der Waals surface area (Å²) in [6.45, 7) is 4.44. The summed E-state index contributed by atoms with van der Waals surface area (Å²) in [7, 11) is 0. The Morgan fingerprint density at radius 1 is 1.50 bits per heavy atom. The van der Waals surface area contributed by atoms with Crippen molar-refractivity contribution in [2.24, 2.45) is 5.92 Å². The summed E-state index contributed by atoms with van der Waals surface area (Å²) in [6, 6.07) is 4.30. The Kier molecular flexibility index (Phi) is 5.77. The summed E-state index contributed by atoms with van der Waals surface area (Å²) >= 11 is 3.36. The zero-order valence-corrected chi connectivity index (χ0v) is 11.4. The molecule has 0 spiro atoms. The molecular weight excluding hydrogens is 268 g/mol. The average molecular weight is 287 g/mol. The van der Waals surface area contributed by atoms with Crippen molar-refractivity contribution in [2.45, 2.75) is 32.7 Å². The van der Waals surface area contributed by atoms with Crippen molar-refractivity contribution in [2.75, 3.05) is 11.9 Å². The molecule has 0 saturated carbocycles. The molecule has 0 aromatic carbocycles. The predicted octanol–water partition coefficient (Wildman–Crippen LogP) is 3.05. The molecule has 3 nitrogen and oxygen atoms in total. The van der Waals surface area contributed by atoms with Crippen LogP contribution in [0.5, 0.6) is 0 Å². The van der Waals surface area contributed by atoms with E-state index in [2.05, 4.69) is 40.1 Å². The first-order valence-corrected chi connectivity index (χ1v) is 6.44. The molecule has 0 aliphatic carbocycles. The van der Waals surface area contributed by atoms with Crippen molar-refractivity contribution in [1.29, 1.82) is 0 Å². The Labute approximate surface area is 105 Å². The maximum Gasteiger partial charge on any atom is 0.126 e. The minimum Gasteiger partial charge on any atom is -0.396 e. The number of nitrogens with zero attached hydrogens (tertiary/aromatic N) is 1. The van der Waals surface area contributed by atoms with E-state index in [1.54, 1.807) is 6.20 Å². The largest absolute Gasteiger partial charge is 0.396 e.